The van der Waals surface area contributed by atoms with E-state index in [1.807, 2.05) is 13.8 Å². The van der Waals surface area contributed by atoms with E-state index in [1.165, 1.54) is 31.4 Å². The number of nitrogens with one attached hydrogen (secondary N) is 1. The van der Waals surface area contributed by atoms with Crippen LogP contribution in [0, 0.1) is 0 Å². The summed E-state index contributed by atoms with van der Waals surface area (Å²) in [5.74, 6) is 0.726. The number of hydrogen-bond donors (Lipinski definition) is 2. The van der Waals surface area contributed by atoms with Crippen LogP contribution in [-0.2, 0) is 10.0 Å². The summed E-state index contributed by atoms with van der Waals surface area (Å²) in [6, 6.07) is 8.88. The Morgan fingerprint density at radius 3 is 2.52 bits per heavy atom. The van der Waals surface area contributed by atoms with E-state index in [4.69, 9.17) is 9.47 Å². The van der Waals surface area contributed by atoms with Gasteiger partial charge in [-0.05, 0) is 67.5 Å². The first-order valence-corrected chi connectivity index (χ1v) is 12.3. The van der Waals surface area contributed by atoms with E-state index < -0.39 is 15.7 Å². The van der Waals surface area contributed by atoms with Crippen LogP contribution in [0.1, 0.15) is 51.0 Å². The number of H-pyrrole nitrogens is 1. The Morgan fingerprint density at radius 1 is 1.12 bits per heavy atom. The van der Waals surface area contributed by atoms with Crippen LogP contribution < -0.4 is 15.2 Å². The first-order valence-electron chi connectivity index (χ1n) is 10.8. The molecule has 4 rings (SSSR count). The zero-order valence-corrected chi connectivity index (χ0v) is 19.6. The van der Waals surface area contributed by atoms with Crippen molar-refractivity contribution in [2.75, 3.05) is 7.11 Å². The first-order chi connectivity index (χ1) is 15.7. The molecule has 9 nitrogen and oxygen atoms in total. The minimum absolute atomic E-state index is 0.0163. The van der Waals surface area contributed by atoms with Gasteiger partial charge in [0.05, 0.1) is 18.1 Å². The van der Waals surface area contributed by atoms with Crippen LogP contribution in [0.25, 0.3) is 11.4 Å². The van der Waals surface area contributed by atoms with Gasteiger partial charge in [0.1, 0.15) is 5.75 Å². The quantitative estimate of drug-likeness (QED) is 0.537. The van der Waals surface area contributed by atoms with Gasteiger partial charge in [-0.2, -0.15) is 9.07 Å². The minimum atomic E-state index is -4.31. The van der Waals surface area contributed by atoms with Crippen LogP contribution >= 0.6 is 0 Å². The standard InChI is InChI=1S/C23H27N3O6S/c1-14(2)18-12-15(8-10-19(18)27)22-24-25-23(28)26(22)33(29,30)17-9-11-20(21(13-17)31-3)32-16-6-4-5-7-16/h8-14,16,27H,4-7H2,1-3H3,(H,25,28). The number of aromatic nitrogens is 3. The van der Waals surface area contributed by atoms with Gasteiger partial charge < -0.3 is 14.6 Å². The van der Waals surface area contributed by atoms with Gasteiger partial charge in [0.25, 0.3) is 10.0 Å². The average molecular weight is 474 g/mol. The lowest BCUT2D eigenvalue weighted by Crippen LogP contribution is -2.26. The summed E-state index contributed by atoms with van der Waals surface area (Å²) in [7, 11) is -2.88. The van der Waals surface area contributed by atoms with Gasteiger partial charge in [-0.15, -0.1) is 0 Å². The van der Waals surface area contributed by atoms with Crippen molar-refractivity contribution in [3.63, 3.8) is 0 Å². The van der Waals surface area contributed by atoms with Crippen molar-refractivity contribution in [2.45, 2.75) is 56.4 Å². The fourth-order valence-electron chi connectivity index (χ4n) is 4.05. The molecule has 1 fully saturated rings. The van der Waals surface area contributed by atoms with Gasteiger partial charge in [0.2, 0.25) is 0 Å². The molecule has 3 aromatic rings. The number of rotatable bonds is 7. The van der Waals surface area contributed by atoms with E-state index in [-0.39, 0.29) is 34.2 Å². The lowest BCUT2D eigenvalue weighted by atomic mass is 9.99. The number of methoxy groups -OCH3 is 1. The van der Waals surface area contributed by atoms with Crippen molar-refractivity contribution in [1.29, 1.82) is 0 Å². The van der Waals surface area contributed by atoms with Crippen LogP contribution in [0.3, 0.4) is 0 Å². The van der Waals surface area contributed by atoms with Crippen LogP contribution in [0.4, 0.5) is 0 Å². The highest BCUT2D eigenvalue weighted by Gasteiger charge is 2.27. The molecule has 0 amide bonds. The van der Waals surface area contributed by atoms with Crippen molar-refractivity contribution in [1.82, 2.24) is 14.2 Å². The van der Waals surface area contributed by atoms with E-state index in [1.54, 1.807) is 12.1 Å². The van der Waals surface area contributed by atoms with Crippen LogP contribution in [-0.4, -0.2) is 40.9 Å². The predicted molar refractivity (Wildman–Crippen MR) is 122 cm³/mol. The van der Waals surface area contributed by atoms with E-state index >= 15 is 0 Å². The van der Waals surface area contributed by atoms with Gasteiger partial charge in [-0.3, -0.25) is 0 Å². The number of hydrogen-bond acceptors (Lipinski definition) is 7. The number of benzene rings is 2. The molecular weight excluding hydrogens is 446 g/mol. The third-order valence-electron chi connectivity index (χ3n) is 5.81. The summed E-state index contributed by atoms with van der Waals surface area (Å²) in [6.45, 7) is 3.80. The molecule has 10 heteroatoms. The fraction of sp³-hybridized carbons (Fsp3) is 0.391. The normalized spacial score (nSPS) is 14.7. The highest BCUT2D eigenvalue weighted by atomic mass is 32.2. The second-order valence-electron chi connectivity index (χ2n) is 8.39. The molecule has 0 aliphatic heterocycles. The molecular formula is C23H27N3O6S. The van der Waals surface area contributed by atoms with Gasteiger partial charge in [-0.1, -0.05) is 13.8 Å². The molecule has 1 heterocycles. The summed E-state index contributed by atoms with van der Waals surface area (Å²) < 4.78 is 38.9. The van der Waals surface area contributed by atoms with Crippen LogP contribution in [0.2, 0.25) is 0 Å². The molecule has 1 aliphatic rings. The maximum Gasteiger partial charge on any atom is 0.357 e. The molecule has 1 aliphatic carbocycles. The van der Waals surface area contributed by atoms with Gasteiger partial charge >= 0.3 is 5.69 Å². The topological polar surface area (TPSA) is 124 Å². The molecule has 33 heavy (non-hydrogen) atoms. The molecule has 1 aromatic heterocycles. The Bertz CT molecular complexity index is 1320. The van der Waals surface area contributed by atoms with Gasteiger partial charge in [0.15, 0.2) is 17.3 Å². The van der Waals surface area contributed by atoms with Gasteiger partial charge in [0, 0.05) is 11.6 Å². The van der Waals surface area contributed by atoms with Crippen molar-refractivity contribution in [2.24, 2.45) is 0 Å². The smallest absolute Gasteiger partial charge is 0.357 e. The summed E-state index contributed by atoms with van der Waals surface area (Å²) >= 11 is 0. The van der Waals surface area contributed by atoms with Crippen molar-refractivity contribution in [3.05, 3.63) is 52.4 Å². The van der Waals surface area contributed by atoms with Crippen LogP contribution in [0.15, 0.2) is 46.1 Å². The molecule has 176 valence electrons. The number of ether oxygens (including phenoxy) is 2. The summed E-state index contributed by atoms with van der Waals surface area (Å²) in [5.41, 5.74) is 0.1000. The Hall–Kier alpha value is -3.27. The highest BCUT2D eigenvalue weighted by Crippen LogP contribution is 2.35. The van der Waals surface area contributed by atoms with Crippen LogP contribution in [0.5, 0.6) is 17.2 Å². The number of nitrogens with zero attached hydrogens (tertiary/aromatic N) is 2. The third kappa shape index (κ3) is 4.35. The lowest BCUT2D eigenvalue weighted by molar-refractivity contribution is 0.200. The molecule has 0 bridgehead atoms. The maximum atomic E-state index is 13.5. The lowest BCUT2D eigenvalue weighted by Gasteiger charge is -2.17. The van der Waals surface area contributed by atoms with Gasteiger partial charge in [-0.25, -0.2) is 18.3 Å². The van der Waals surface area contributed by atoms with E-state index in [0.717, 1.165) is 25.7 Å². The molecule has 2 aromatic carbocycles. The van der Waals surface area contributed by atoms with E-state index in [9.17, 15) is 18.3 Å². The summed E-state index contributed by atoms with van der Waals surface area (Å²) in [4.78, 5) is 12.4. The van der Waals surface area contributed by atoms with E-state index in [0.29, 0.717) is 20.8 Å². The SMILES string of the molecule is COc1cc(S(=O)(=O)n2c(-c3ccc(O)c(C(C)C)c3)n[nH]c2=O)ccc1OC1CCCC1. The predicted octanol–water partition coefficient (Wildman–Crippen LogP) is 3.63. The first kappa shape index (κ1) is 22.9. The average Bonchev–Trinajstić information content (AvgIpc) is 3.44. The largest absolute Gasteiger partial charge is 0.508 e. The van der Waals surface area contributed by atoms with Crippen molar-refractivity contribution >= 4 is 10.0 Å². The van der Waals surface area contributed by atoms with E-state index in [2.05, 4.69) is 10.2 Å². The number of phenolic OH excluding ortho intramolecular Hbond substituents is 1. The summed E-state index contributed by atoms with van der Waals surface area (Å²) in [5, 5.41) is 16.3. The second-order valence-corrected chi connectivity index (χ2v) is 10.2. The second kappa shape index (κ2) is 8.93. The monoisotopic (exact) mass is 473 g/mol. The molecule has 0 saturated heterocycles. The molecule has 2 N–H and O–H groups in total. The molecule has 0 radical (unpaired) electrons. The number of aromatic hydroxyl groups is 1. The minimum Gasteiger partial charge on any atom is -0.508 e. The number of aromatic amines is 1. The zero-order chi connectivity index (χ0) is 23.8. The summed E-state index contributed by atoms with van der Waals surface area (Å²) in [6.07, 6.45) is 4.17. The molecule has 1 saturated carbocycles. The maximum absolute atomic E-state index is 13.5. The molecule has 0 atom stereocenters. The Morgan fingerprint density at radius 2 is 1.85 bits per heavy atom. The molecule has 0 spiro atoms. The third-order valence-corrected chi connectivity index (χ3v) is 7.48. The molecule has 0 unspecified atom stereocenters. The number of phenols is 1. The van der Waals surface area contributed by atoms with Crippen molar-refractivity contribution in [3.8, 4) is 28.6 Å². The zero-order valence-electron chi connectivity index (χ0n) is 18.7. The Balaban J connectivity index is 1.77. The van der Waals surface area contributed by atoms with Crippen molar-refractivity contribution < 1.29 is 23.0 Å². The fourth-order valence-corrected chi connectivity index (χ4v) is 5.39. The Labute approximate surface area is 192 Å². The highest BCUT2D eigenvalue weighted by molar-refractivity contribution is 7.90. The Kier molecular flexibility index (Phi) is 6.20.